The van der Waals surface area contributed by atoms with Crippen LogP contribution < -0.4 is 10.0 Å². The Labute approximate surface area is 184 Å². The predicted octanol–water partition coefficient (Wildman–Crippen LogP) is 1.14. The van der Waals surface area contributed by atoms with Crippen molar-refractivity contribution in [2.45, 2.75) is 38.6 Å². The van der Waals surface area contributed by atoms with E-state index in [2.05, 4.69) is 25.8 Å². The Morgan fingerprint density at radius 3 is 2.23 bits per heavy atom. The van der Waals surface area contributed by atoms with E-state index in [4.69, 9.17) is 0 Å². The third-order valence-corrected chi connectivity index (χ3v) is 5.64. The van der Waals surface area contributed by atoms with Gasteiger partial charge in [-0.25, -0.2) is 0 Å². The number of quaternary nitrogens is 1. The molecule has 1 atom stereocenters. The minimum absolute atomic E-state index is 0.0204. The van der Waals surface area contributed by atoms with Crippen LogP contribution in [-0.4, -0.2) is 48.8 Å². The second kappa shape index (κ2) is 9.02. The van der Waals surface area contributed by atoms with Gasteiger partial charge in [0.1, 0.15) is 0 Å². The molecule has 1 saturated heterocycles. The zero-order chi connectivity index (χ0) is 22.8. The van der Waals surface area contributed by atoms with Gasteiger partial charge in [0, 0.05) is 30.9 Å². The van der Waals surface area contributed by atoms with Gasteiger partial charge in [-0.05, 0) is 34.2 Å². The lowest BCUT2D eigenvalue weighted by atomic mass is 9.85. The Morgan fingerprint density at radius 2 is 1.68 bits per heavy atom. The number of pyridine rings is 1. The number of likely N-dealkylation sites (tertiary alicyclic amines) is 1. The van der Waals surface area contributed by atoms with Crippen molar-refractivity contribution >= 4 is 17.4 Å². The summed E-state index contributed by atoms with van der Waals surface area (Å²) in [5, 5.41) is 13.3. The van der Waals surface area contributed by atoms with Gasteiger partial charge >= 0.3 is 0 Å². The van der Waals surface area contributed by atoms with E-state index in [1.807, 2.05) is 38.4 Å². The number of benzene rings is 1. The summed E-state index contributed by atoms with van der Waals surface area (Å²) in [6.45, 7) is 7.68. The van der Waals surface area contributed by atoms with Gasteiger partial charge < -0.3 is 14.9 Å². The highest BCUT2D eigenvalue weighted by Gasteiger charge is 2.44. The SMILES string of the molecule is C[NH+](C)CCCN1C(=O)C(=O)/C(=C(/[O-])c2ccncc2)C1c1ccc(C(C)(C)C)cc1. The molecular formula is C25H31N3O3. The minimum Gasteiger partial charge on any atom is -0.872 e. The van der Waals surface area contributed by atoms with Crippen LogP contribution in [0.15, 0.2) is 54.4 Å². The lowest BCUT2D eigenvalue weighted by Gasteiger charge is -2.28. The first-order valence-electron chi connectivity index (χ1n) is 10.7. The lowest BCUT2D eigenvalue weighted by molar-refractivity contribution is -0.858. The molecule has 0 aliphatic carbocycles. The summed E-state index contributed by atoms with van der Waals surface area (Å²) in [6.07, 6.45) is 3.77. The van der Waals surface area contributed by atoms with Crippen molar-refractivity contribution in [1.29, 1.82) is 0 Å². The maximum absolute atomic E-state index is 13.3. The van der Waals surface area contributed by atoms with Crippen molar-refractivity contribution in [3.05, 3.63) is 71.1 Å². The summed E-state index contributed by atoms with van der Waals surface area (Å²) in [5.41, 5.74) is 2.30. The third-order valence-electron chi connectivity index (χ3n) is 5.64. The number of carbonyl (C=O) groups is 2. The number of carbonyl (C=O) groups excluding carboxylic acids is 2. The van der Waals surface area contributed by atoms with E-state index in [1.54, 1.807) is 17.0 Å². The van der Waals surface area contributed by atoms with Crippen LogP contribution in [0.25, 0.3) is 5.76 Å². The molecule has 1 N–H and O–H groups in total. The van der Waals surface area contributed by atoms with E-state index in [9.17, 15) is 14.7 Å². The van der Waals surface area contributed by atoms with Gasteiger partial charge in [-0.15, -0.1) is 0 Å². The molecule has 2 heterocycles. The number of ketones is 1. The Hall–Kier alpha value is -2.99. The molecule has 0 saturated carbocycles. The minimum atomic E-state index is -0.705. The molecule has 6 heteroatoms. The number of nitrogens with zero attached hydrogens (tertiary/aromatic N) is 2. The van der Waals surface area contributed by atoms with Gasteiger partial charge in [0.15, 0.2) is 0 Å². The Bertz CT molecular complexity index is 973. The monoisotopic (exact) mass is 421 g/mol. The van der Waals surface area contributed by atoms with E-state index in [1.165, 1.54) is 17.3 Å². The number of nitrogens with one attached hydrogen (secondary N) is 1. The van der Waals surface area contributed by atoms with E-state index in [0.29, 0.717) is 12.1 Å². The fraction of sp³-hybridized carbons (Fsp3) is 0.400. The number of amides is 1. The summed E-state index contributed by atoms with van der Waals surface area (Å²) in [5.74, 6) is -1.72. The van der Waals surface area contributed by atoms with Crippen molar-refractivity contribution in [3.63, 3.8) is 0 Å². The number of aromatic nitrogens is 1. The van der Waals surface area contributed by atoms with Gasteiger partial charge in [0.05, 0.1) is 26.7 Å². The van der Waals surface area contributed by atoms with Crippen molar-refractivity contribution in [2.75, 3.05) is 27.2 Å². The van der Waals surface area contributed by atoms with Crippen molar-refractivity contribution < 1.29 is 19.6 Å². The topological polar surface area (TPSA) is 77.8 Å². The summed E-state index contributed by atoms with van der Waals surface area (Å²) >= 11 is 0. The van der Waals surface area contributed by atoms with Gasteiger partial charge in [-0.3, -0.25) is 14.6 Å². The molecule has 1 amide bonds. The zero-order valence-electron chi connectivity index (χ0n) is 18.9. The van der Waals surface area contributed by atoms with Gasteiger partial charge in [-0.2, -0.15) is 0 Å². The van der Waals surface area contributed by atoms with E-state index in [-0.39, 0.29) is 11.0 Å². The molecule has 164 valence electrons. The van der Waals surface area contributed by atoms with Crippen LogP contribution >= 0.6 is 0 Å². The molecule has 0 bridgehead atoms. The standard InChI is InChI=1S/C25H31N3O3/c1-25(2,3)19-9-7-17(8-10-19)21-20(22(29)18-11-13-26-14-12-18)23(30)24(31)28(21)16-6-15-27(4)5/h7-14,21,29H,6,15-16H2,1-5H3/b22-20+. The zero-order valence-corrected chi connectivity index (χ0v) is 18.9. The molecule has 1 fully saturated rings. The molecule has 1 aromatic carbocycles. The van der Waals surface area contributed by atoms with Crippen LogP contribution in [0.2, 0.25) is 0 Å². The highest BCUT2D eigenvalue weighted by Crippen LogP contribution is 2.39. The van der Waals surface area contributed by atoms with Gasteiger partial charge in [-0.1, -0.05) is 50.8 Å². The number of rotatable bonds is 6. The molecule has 1 aromatic heterocycles. The first-order chi connectivity index (χ1) is 14.6. The van der Waals surface area contributed by atoms with Crippen LogP contribution in [0.5, 0.6) is 0 Å². The Morgan fingerprint density at radius 1 is 1.06 bits per heavy atom. The van der Waals surface area contributed by atoms with Crippen LogP contribution in [-0.2, 0) is 15.0 Å². The van der Waals surface area contributed by atoms with E-state index < -0.39 is 23.5 Å². The summed E-state index contributed by atoms with van der Waals surface area (Å²) < 4.78 is 0. The molecule has 1 unspecified atom stereocenters. The molecule has 6 nitrogen and oxygen atoms in total. The van der Waals surface area contributed by atoms with Crippen LogP contribution in [0.3, 0.4) is 0 Å². The smallest absolute Gasteiger partial charge is 0.295 e. The second-order valence-electron chi connectivity index (χ2n) is 9.39. The first kappa shape index (κ1) is 22.7. The maximum atomic E-state index is 13.3. The number of Topliss-reactive ketones (excluding diaryl/α,β-unsaturated/α-hetero) is 1. The molecule has 31 heavy (non-hydrogen) atoms. The van der Waals surface area contributed by atoms with Crippen LogP contribution in [0, 0.1) is 0 Å². The number of hydrogen-bond acceptors (Lipinski definition) is 4. The van der Waals surface area contributed by atoms with Crippen molar-refractivity contribution in [1.82, 2.24) is 9.88 Å². The highest BCUT2D eigenvalue weighted by atomic mass is 16.3. The largest absolute Gasteiger partial charge is 0.872 e. The Kier molecular flexibility index (Phi) is 6.60. The average molecular weight is 422 g/mol. The van der Waals surface area contributed by atoms with E-state index in [0.717, 1.165) is 24.1 Å². The third kappa shape index (κ3) is 4.85. The summed E-state index contributed by atoms with van der Waals surface area (Å²) in [7, 11) is 4.09. The lowest BCUT2D eigenvalue weighted by Crippen LogP contribution is -3.05. The van der Waals surface area contributed by atoms with Crippen molar-refractivity contribution in [3.8, 4) is 0 Å². The van der Waals surface area contributed by atoms with Crippen LogP contribution in [0.4, 0.5) is 0 Å². The molecule has 3 rings (SSSR count). The molecule has 0 radical (unpaired) electrons. The average Bonchev–Trinajstić information content (AvgIpc) is 2.98. The van der Waals surface area contributed by atoms with Gasteiger partial charge in [0.2, 0.25) is 5.78 Å². The van der Waals surface area contributed by atoms with Crippen LogP contribution in [0.1, 0.15) is 49.9 Å². The summed E-state index contributed by atoms with van der Waals surface area (Å²) in [4.78, 5) is 32.7. The molecule has 1 aliphatic heterocycles. The predicted molar refractivity (Wildman–Crippen MR) is 118 cm³/mol. The number of hydrogen-bond donors (Lipinski definition) is 1. The first-order valence-corrected chi connectivity index (χ1v) is 10.7. The molecule has 2 aromatic rings. The molecule has 1 aliphatic rings. The fourth-order valence-corrected chi connectivity index (χ4v) is 3.87. The fourth-order valence-electron chi connectivity index (χ4n) is 3.87. The second-order valence-corrected chi connectivity index (χ2v) is 9.39. The van der Waals surface area contributed by atoms with Gasteiger partial charge in [0.25, 0.3) is 5.91 Å². The van der Waals surface area contributed by atoms with E-state index >= 15 is 0 Å². The quantitative estimate of drug-likeness (QED) is 0.431. The Balaban J connectivity index is 2.08. The highest BCUT2D eigenvalue weighted by molar-refractivity contribution is 6.46. The van der Waals surface area contributed by atoms with Crippen molar-refractivity contribution in [2.24, 2.45) is 0 Å². The summed E-state index contributed by atoms with van der Waals surface area (Å²) in [6, 6.07) is 10.4. The maximum Gasteiger partial charge on any atom is 0.295 e. The molecular weight excluding hydrogens is 390 g/mol. The normalized spacial score (nSPS) is 18.8. The molecule has 0 spiro atoms.